The molecule has 0 spiro atoms. The lowest BCUT2D eigenvalue weighted by Crippen LogP contribution is -2.28. The van der Waals surface area contributed by atoms with E-state index in [4.69, 9.17) is 0 Å². The second-order valence-electron chi connectivity index (χ2n) is 7.23. The van der Waals surface area contributed by atoms with Crippen molar-refractivity contribution in [2.75, 3.05) is 5.75 Å². The van der Waals surface area contributed by atoms with E-state index in [2.05, 4.69) is 60.6 Å². The first-order chi connectivity index (χ1) is 12.9. The quantitative estimate of drug-likeness (QED) is 0.608. The van der Waals surface area contributed by atoms with Crippen molar-refractivity contribution < 1.29 is 4.79 Å². The first-order valence-corrected chi connectivity index (χ1v) is 10.6. The average Bonchev–Trinajstić information content (AvgIpc) is 2.98. The van der Waals surface area contributed by atoms with Gasteiger partial charge in [-0.2, -0.15) is 0 Å². The van der Waals surface area contributed by atoms with Crippen LogP contribution >= 0.6 is 11.8 Å². The average molecular weight is 391 g/mol. The molecule has 1 heterocycles. The van der Waals surface area contributed by atoms with E-state index in [9.17, 15) is 9.59 Å². The molecular formula is C20H30N4O2S. The van der Waals surface area contributed by atoms with Crippen LogP contribution in [-0.2, 0) is 17.8 Å². The Balaban J connectivity index is 1.87. The number of aromatic amines is 1. The molecule has 0 fully saturated rings. The van der Waals surface area contributed by atoms with Gasteiger partial charge in [-0.15, -0.1) is 5.10 Å². The van der Waals surface area contributed by atoms with E-state index < -0.39 is 0 Å². The summed E-state index contributed by atoms with van der Waals surface area (Å²) in [4.78, 5) is 24.1. The summed E-state index contributed by atoms with van der Waals surface area (Å²) in [7, 11) is 0. The van der Waals surface area contributed by atoms with E-state index in [-0.39, 0.29) is 23.4 Å². The highest BCUT2D eigenvalue weighted by atomic mass is 32.2. The zero-order chi connectivity index (χ0) is 19.8. The highest BCUT2D eigenvalue weighted by Crippen LogP contribution is 2.17. The van der Waals surface area contributed by atoms with Crippen molar-refractivity contribution in [2.24, 2.45) is 5.92 Å². The Labute approximate surface area is 165 Å². The van der Waals surface area contributed by atoms with E-state index in [0.29, 0.717) is 17.6 Å². The highest BCUT2D eigenvalue weighted by molar-refractivity contribution is 7.99. The minimum Gasteiger partial charge on any atom is -0.349 e. The number of carbonyl (C=O) groups excluding carboxylic acids is 1. The first kappa shape index (κ1) is 21.3. The van der Waals surface area contributed by atoms with Crippen molar-refractivity contribution in [1.29, 1.82) is 0 Å². The Morgan fingerprint density at radius 2 is 1.96 bits per heavy atom. The second kappa shape index (κ2) is 10.3. The predicted octanol–water partition coefficient (Wildman–Crippen LogP) is 3.54. The van der Waals surface area contributed by atoms with Gasteiger partial charge in [0.2, 0.25) is 5.91 Å². The van der Waals surface area contributed by atoms with E-state index in [0.717, 1.165) is 24.8 Å². The molecule has 1 aromatic heterocycles. The van der Waals surface area contributed by atoms with Crippen molar-refractivity contribution in [1.82, 2.24) is 20.1 Å². The number of nitrogens with one attached hydrogen (secondary N) is 2. The monoisotopic (exact) mass is 390 g/mol. The summed E-state index contributed by atoms with van der Waals surface area (Å²) in [5, 5.41) is 10.1. The standard InChI is InChI=1S/C20H30N4O2S/c1-5-6-11-24-19(26)22-23-20(24)27-13-18(25)21-15(4)17-9-7-16(8-10-17)12-14(2)3/h7-10,14-15H,5-6,11-13H2,1-4H3,(H,21,25)(H,22,26). The summed E-state index contributed by atoms with van der Waals surface area (Å²) in [6.45, 7) is 9.08. The molecular weight excluding hydrogens is 360 g/mol. The second-order valence-corrected chi connectivity index (χ2v) is 8.18. The van der Waals surface area contributed by atoms with Crippen LogP contribution in [0.4, 0.5) is 0 Å². The molecule has 0 aliphatic carbocycles. The summed E-state index contributed by atoms with van der Waals surface area (Å²) in [6, 6.07) is 8.34. The lowest BCUT2D eigenvalue weighted by Gasteiger charge is -2.15. The molecule has 6 nitrogen and oxygen atoms in total. The van der Waals surface area contributed by atoms with Crippen LogP contribution in [-0.4, -0.2) is 26.4 Å². The zero-order valence-corrected chi connectivity index (χ0v) is 17.4. The number of carbonyl (C=O) groups is 1. The summed E-state index contributed by atoms with van der Waals surface area (Å²) in [5.74, 6) is 0.782. The molecule has 2 aromatic rings. The van der Waals surface area contributed by atoms with Crippen molar-refractivity contribution in [3.8, 4) is 0 Å². The predicted molar refractivity (Wildman–Crippen MR) is 110 cm³/mol. The van der Waals surface area contributed by atoms with Gasteiger partial charge in [0.25, 0.3) is 0 Å². The van der Waals surface area contributed by atoms with E-state index >= 15 is 0 Å². The summed E-state index contributed by atoms with van der Waals surface area (Å²) in [6.07, 6.45) is 2.96. The number of hydrogen-bond acceptors (Lipinski definition) is 4. The Hall–Kier alpha value is -2.02. The third kappa shape index (κ3) is 6.57. The third-order valence-electron chi connectivity index (χ3n) is 4.29. The molecule has 27 heavy (non-hydrogen) atoms. The molecule has 0 saturated carbocycles. The van der Waals surface area contributed by atoms with E-state index in [1.54, 1.807) is 4.57 Å². The molecule has 7 heteroatoms. The fourth-order valence-corrected chi connectivity index (χ4v) is 3.62. The largest absolute Gasteiger partial charge is 0.349 e. The Morgan fingerprint density at radius 1 is 1.26 bits per heavy atom. The van der Waals surface area contributed by atoms with Crippen LogP contribution in [0, 0.1) is 5.92 Å². The van der Waals surface area contributed by atoms with Gasteiger partial charge in [0.15, 0.2) is 5.16 Å². The Morgan fingerprint density at radius 3 is 2.59 bits per heavy atom. The molecule has 1 aromatic carbocycles. The van der Waals surface area contributed by atoms with Gasteiger partial charge in [0.05, 0.1) is 11.8 Å². The van der Waals surface area contributed by atoms with Crippen molar-refractivity contribution in [3.63, 3.8) is 0 Å². The molecule has 0 radical (unpaired) electrons. The van der Waals surface area contributed by atoms with Crippen LogP contribution in [0.1, 0.15) is 57.7 Å². The number of unbranched alkanes of at least 4 members (excludes halogenated alkanes) is 1. The van der Waals surface area contributed by atoms with Gasteiger partial charge in [-0.25, -0.2) is 9.89 Å². The fourth-order valence-electron chi connectivity index (χ4n) is 2.84. The number of H-pyrrole nitrogens is 1. The number of rotatable bonds is 10. The van der Waals surface area contributed by atoms with Gasteiger partial charge >= 0.3 is 5.69 Å². The van der Waals surface area contributed by atoms with Crippen LogP contribution in [0.25, 0.3) is 0 Å². The van der Waals surface area contributed by atoms with Gasteiger partial charge in [-0.05, 0) is 36.8 Å². The minimum atomic E-state index is -0.221. The van der Waals surface area contributed by atoms with Gasteiger partial charge in [0.1, 0.15) is 0 Å². The van der Waals surface area contributed by atoms with Crippen LogP contribution in [0.2, 0.25) is 0 Å². The zero-order valence-electron chi connectivity index (χ0n) is 16.6. The minimum absolute atomic E-state index is 0.0623. The molecule has 0 aliphatic heterocycles. The number of benzene rings is 1. The molecule has 1 atom stereocenters. The summed E-state index contributed by atoms with van der Waals surface area (Å²) in [5.41, 5.74) is 2.17. The molecule has 148 valence electrons. The summed E-state index contributed by atoms with van der Waals surface area (Å²) < 4.78 is 1.60. The van der Waals surface area contributed by atoms with Crippen LogP contribution in [0.5, 0.6) is 0 Å². The highest BCUT2D eigenvalue weighted by Gasteiger charge is 2.13. The SMILES string of the molecule is CCCCn1c(SCC(=O)NC(C)c2ccc(CC(C)C)cc2)n[nH]c1=O. The smallest absolute Gasteiger partial charge is 0.343 e. The number of aromatic nitrogens is 3. The maximum atomic E-state index is 12.3. The van der Waals surface area contributed by atoms with Crippen molar-refractivity contribution in [3.05, 3.63) is 45.9 Å². The first-order valence-electron chi connectivity index (χ1n) is 9.56. The number of thioether (sulfide) groups is 1. The third-order valence-corrected chi connectivity index (χ3v) is 5.27. The van der Waals surface area contributed by atoms with Gasteiger partial charge in [-0.1, -0.05) is 63.2 Å². The summed E-state index contributed by atoms with van der Waals surface area (Å²) >= 11 is 1.28. The van der Waals surface area contributed by atoms with Crippen LogP contribution in [0.15, 0.2) is 34.2 Å². The number of nitrogens with zero attached hydrogens (tertiary/aromatic N) is 2. The number of amides is 1. The molecule has 1 amide bonds. The van der Waals surface area contributed by atoms with Gasteiger partial charge < -0.3 is 5.32 Å². The van der Waals surface area contributed by atoms with Crippen LogP contribution in [0.3, 0.4) is 0 Å². The van der Waals surface area contributed by atoms with Gasteiger partial charge in [0, 0.05) is 6.54 Å². The Bertz CT molecular complexity index is 780. The molecule has 2 rings (SSSR count). The maximum Gasteiger partial charge on any atom is 0.343 e. The molecule has 2 N–H and O–H groups in total. The molecule has 0 saturated heterocycles. The molecule has 0 bridgehead atoms. The van der Waals surface area contributed by atoms with Crippen molar-refractivity contribution >= 4 is 17.7 Å². The Kier molecular flexibility index (Phi) is 8.16. The topological polar surface area (TPSA) is 79.8 Å². The number of hydrogen-bond donors (Lipinski definition) is 2. The lowest BCUT2D eigenvalue weighted by atomic mass is 10.00. The fraction of sp³-hybridized carbons (Fsp3) is 0.550. The van der Waals surface area contributed by atoms with Crippen molar-refractivity contribution in [2.45, 2.75) is 64.7 Å². The maximum absolute atomic E-state index is 12.3. The van der Waals surface area contributed by atoms with Gasteiger partial charge in [-0.3, -0.25) is 9.36 Å². The lowest BCUT2D eigenvalue weighted by molar-refractivity contribution is -0.119. The molecule has 0 aliphatic rings. The normalized spacial score (nSPS) is 12.3. The van der Waals surface area contributed by atoms with E-state index in [1.807, 2.05) is 6.92 Å². The van der Waals surface area contributed by atoms with Crippen LogP contribution < -0.4 is 11.0 Å². The van der Waals surface area contributed by atoms with E-state index in [1.165, 1.54) is 17.3 Å². The molecule has 1 unspecified atom stereocenters.